The van der Waals surface area contributed by atoms with E-state index in [1.807, 2.05) is 28.9 Å². The molecule has 1 saturated carbocycles. The Morgan fingerprint density at radius 1 is 1.12 bits per heavy atom. The summed E-state index contributed by atoms with van der Waals surface area (Å²) in [6.45, 7) is 4.38. The smallest absolute Gasteiger partial charge is 0.171 e. The second-order valence-electron chi connectivity index (χ2n) is 10.1. The maximum absolute atomic E-state index is 13.6. The molecule has 3 unspecified atom stereocenters. The van der Waals surface area contributed by atoms with Gasteiger partial charge in [0, 0.05) is 5.92 Å². The van der Waals surface area contributed by atoms with Crippen LogP contribution in [0.15, 0.2) is 54.7 Å². The zero-order valence-electron chi connectivity index (χ0n) is 19.0. The van der Waals surface area contributed by atoms with Gasteiger partial charge in [0.2, 0.25) is 0 Å². The highest BCUT2D eigenvalue weighted by Gasteiger charge is 2.39. The Hall–Kier alpha value is -2.30. The molecule has 1 N–H and O–H groups in total. The van der Waals surface area contributed by atoms with E-state index in [0.717, 1.165) is 43.5 Å². The van der Waals surface area contributed by atoms with Crippen molar-refractivity contribution in [2.75, 3.05) is 5.32 Å². The van der Waals surface area contributed by atoms with Crippen LogP contribution in [0.1, 0.15) is 67.1 Å². The number of carbonyl (C=O) groups is 1. The van der Waals surface area contributed by atoms with E-state index in [2.05, 4.69) is 48.5 Å². The summed E-state index contributed by atoms with van der Waals surface area (Å²) in [4.78, 5) is 13.6. The lowest BCUT2D eigenvalue weighted by molar-refractivity contribution is 0.0920. The molecular formula is C27H29Cl2N3O. The van der Waals surface area contributed by atoms with E-state index in [1.54, 1.807) is 6.20 Å². The van der Waals surface area contributed by atoms with Gasteiger partial charge in [0.15, 0.2) is 5.78 Å². The minimum absolute atomic E-state index is 0.0358. The number of anilines is 1. The lowest BCUT2D eigenvalue weighted by Crippen LogP contribution is -2.38. The van der Waals surface area contributed by atoms with Crippen LogP contribution < -0.4 is 5.32 Å². The highest BCUT2D eigenvalue weighted by molar-refractivity contribution is 6.42. The first-order chi connectivity index (χ1) is 15.8. The lowest BCUT2D eigenvalue weighted by atomic mass is 9.88. The Labute approximate surface area is 205 Å². The Bertz CT molecular complexity index is 1170. The maximum atomic E-state index is 13.6. The zero-order chi connectivity index (χ0) is 23.2. The van der Waals surface area contributed by atoms with Crippen LogP contribution in [0.25, 0.3) is 0 Å². The van der Waals surface area contributed by atoms with Crippen molar-refractivity contribution in [1.29, 1.82) is 0 Å². The third-order valence-electron chi connectivity index (χ3n) is 7.25. The van der Waals surface area contributed by atoms with Crippen LogP contribution in [-0.4, -0.2) is 15.6 Å². The Morgan fingerprint density at radius 2 is 1.91 bits per heavy atom. The summed E-state index contributed by atoms with van der Waals surface area (Å²) in [6.07, 6.45) is 6.47. The number of Topliss-reactive ketones (excluding diaryl/α,β-unsaturated/α-hetero) is 1. The van der Waals surface area contributed by atoms with Gasteiger partial charge in [0.1, 0.15) is 5.82 Å². The number of nitrogens with zero attached hydrogens (tertiary/aromatic N) is 2. The number of nitrogens with one attached hydrogen (secondary N) is 1. The minimum atomic E-state index is -0.175. The monoisotopic (exact) mass is 481 g/mol. The van der Waals surface area contributed by atoms with Crippen molar-refractivity contribution >= 4 is 34.8 Å². The van der Waals surface area contributed by atoms with E-state index in [1.165, 1.54) is 11.1 Å². The number of rotatable bonds is 5. The molecule has 1 aliphatic carbocycles. The standard InChI is InChI=1S/C27H29Cl2N3O/c1-27(2)15-24(19-6-4-3-5-7-19)31-26-21(16-30-32(26)27)25(33)20-10-8-17(13-20)12-18-9-11-22(28)23(29)14-18/h3-7,9,11,14,16-17,20,24,31H,8,10,12-13,15H2,1-2H3. The second-order valence-corrected chi connectivity index (χ2v) is 11.0. The molecule has 4 nitrogen and oxygen atoms in total. The van der Waals surface area contributed by atoms with E-state index in [0.29, 0.717) is 16.0 Å². The summed E-state index contributed by atoms with van der Waals surface area (Å²) in [7, 11) is 0. The van der Waals surface area contributed by atoms with E-state index < -0.39 is 0 Å². The molecule has 1 fully saturated rings. The molecule has 1 aliphatic heterocycles. The first-order valence-corrected chi connectivity index (χ1v) is 12.5. The van der Waals surface area contributed by atoms with Crippen LogP contribution in [0.4, 0.5) is 5.82 Å². The third-order valence-corrected chi connectivity index (χ3v) is 7.98. The van der Waals surface area contributed by atoms with Gasteiger partial charge in [0.25, 0.3) is 0 Å². The number of ketones is 1. The van der Waals surface area contributed by atoms with Gasteiger partial charge < -0.3 is 5.32 Å². The van der Waals surface area contributed by atoms with Gasteiger partial charge in [-0.25, -0.2) is 4.68 Å². The van der Waals surface area contributed by atoms with Crippen molar-refractivity contribution < 1.29 is 4.79 Å². The fraction of sp³-hybridized carbons (Fsp3) is 0.407. The quantitative estimate of drug-likeness (QED) is 0.388. The first kappa shape index (κ1) is 22.5. The van der Waals surface area contributed by atoms with Crippen molar-refractivity contribution in [1.82, 2.24) is 9.78 Å². The van der Waals surface area contributed by atoms with Gasteiger partial charge in [-0.15, -0.1) is 0 Å². The molecule has 0 spiro atoms. The van der Waals surface area contributed by atoms with E-state index in [-0.39, 0.29) is 23.3 Å². The summed E-state index contributed by atoms with van der Waals surface area (Å²) in [6, 6.07) is 16.4. The highest BCUT2D eigenvalue weighted by atomic mass is 35.5. The topological polar surface area (TPSA) is 46.9 Å². The van der Waals surface area contributed by atoms with E-state index in [9.17, 15) is 4.79 Å². The van der Waals surface area contributed by atoms with Crippen LogP contribution in [0, 0.1) is 11.8 Å². The van der Waals surface area contributed by atoms with Gasteiger partial charge in [0.05, 0.1) is 33.4 Å². The van der Waals surface area contributed by atoms with Crippen LogP contribution in [0.5, 0.6) is 0 Å². The third kappa shape index (κ3) is 4.43. The molecular weight excluding hydrogens is 453 g/mol. The highest BCUT2D eigenvalue weighted by Crippen LogP contribution is 2.42. The van der Waals surface area contributed by atoms with Gasteiger partial charge in [-0.2, -0.15) is 5.10 Å². The molecule has 2 aliphatic rings. The molecule has 0 bridgehead atoms. The number of carbonyl (C=O) groups excluding carboxylic acids is 1. The molecule has 5 rings (SSSR count). The number of hydrogen-bond acceptors (Lipinski definition) is 3. The summed E-state index contributed by atoms with van der Waals surface area (Å²) < 4.78 is 2.00. The zero-order valence-corrected chi connectivity index (χ0v) is 20.5. The van der Waals surface area contributed by atoms with Crippen molar-refractivity contribution in [2.24, 2.45) is 11.8 Å². The fourth-order valence-corrected chi connectivity index (χ4v) is 5.85. The molecule has 3 aromatic rings. The van der Waals surface area contributed by atoms with Crippen LogP contribution in [-0.2, 0) is 12.0 Å². The molecule has 1 aromatic heterocycles. The van der Waals surface area contributed by atoms with Crippen LogP contribution in [0.3, 0.4) is 0 Å². The molecule has 6 heteroatoms. The molecule has 2 aromatic carbocycles. The van der Waals surface area contributed by atoms with Crippen molar-refractivity contribution in [3.05, 3.63) is 81.5 Å². The predicted octanol–water partition coefficient (Wildman–Crippen LogP) is 7.32. The molecule has 172 valence electrons. The van der Waals surface area contributed by atoms with Crippen LogP contribution >= 0.6 is 23.2 Å². The minimum Gasteiger partial charge on any atom is -0.363 e. The van der Waals surface area contributed by atoms with E-state index in [4.69, 9.17) is 23.2 Å². The largest absolute Gasteiger partial charge is 0.363 e. The molecule has 3 atom stereocenters. The number of aromatic nitrogens is 2. The fourth-order valence-electron chi connectivity index (χ4n) is 5.53. The maximum Gasteiger partial charge on any atom is 0.171 e. The first-order valence-electron chi connectivity index (χ1n) is 11.7. The van der Waals surface area contributed by atoms with Crippen molar-refractivity contribution in [2.45, 2.75) is 57.5 Å². The van der Waals surface area contributed by atoms with E-state index >= 15 is 0 Å². The molecule has 0 radical (unpaired) electrons. The lowest BCUT2D eigenvalue weighted by Gasteiger charge is -2.38. The summed E-state index contributed by atoms with van der Waals surface area (Å²) in [5, 5.41) is 9.45. The molecule has 0 saturated heterocycles. The Kier molecular flexibility index (Phi) is 6.00. The van der Waals surface area contributed by atoms with Crippen molar-refractivity contribution in [3.8, 4) is 0 Å². The van der Waals surface area contributed by atoms with Crippen LogP contribution in [0.2, 0.25) is 10.0 Å². The Balaban J connectivity index is 1.33. The number of halogens is 2. The number of fused-ring (bicyclic) bond motifs is 1. The summed E-state index contributed by atoms with van der Waals surface area (Å²) in [5.74, 6) is 1.58. The molecule has 2 heterocycles. The predicted molar refractivity (Wildman–Crippen MR) is 134 cm³/mol. The van der Waals surface area contributed by atoms with Gasteiger partial charge in [-0.1, -0.05) is 59.6 Å². The molecule has 0 amide bonds. The average Bonchev–Trinajstić information content (AvgIpc) is 3.44. The normalized spacial score (nSPS) is 23.7. The number of benzene rings is 2. The van der Waals surface area contributed by atoms with Crippen molar-refractivity contribution in [3.63, 3.8) is 0 Å². The number of hydrogen-bond donors (Lipinski definition) is 1. The second kappa shape index (κ2) is 8.81. The van der Waals surface area contributed by atoms with Gasteiger partial charge in [-0.05, 0) is 75.1 Å². The summed E-state index contributed by atoms with van der Waals surface area (Å²) >= 11 is 12.2. The SMILES string of the molecule is CC1(C)CC(c2ccccc2)Nc2c(C(=O)C3CCC(Cc4ccc(Cl)c(Cl)c4)C3)cnn21. The average molecular weight is 482 g/mol. The summed E-state index contributed by atoms with van der Waals surface area (Å²) in [5.41, 5.74) is 2.97. The van der Waals surface area contributed by atoms with Gasteiger partial charge in [-0.3, -0.25) is 4.79 Å². The van der Waals surface area contributed by atoms with Gasteiger partial charge >= 0.3 is 0 Å². The Morgan fingerprint density at radius 3 is 2.67 bits per heavy atom. The molecule has 33 heavy (non-hydrogen) atoms.